The lowest BCUT2D eigenvalue weighted by Gasteiger charge is -2.21. The summed E-state index contributed by atoms with van der Waals surface area (Å²) in [5.41, 5.74) is 4.81. The van der Waals surface area contributed by atoms with Gasteiger partial charge in [-0.15, -0.1) is 0 Å². The first kappa shape index (κ1) is 14.8. The average molecular weight is 311 g/mol. The predicted molar refractivity (Wildman–Crippen MR) is 91.5 cm³/mol. The van der Waals surface area contributed by atoms with Gasteiger partial charge in [-0.05, 0) is 61.3 Å². The number of carbonyl (C=O) groups excluding carboxylic acids is 1. The van der Waals surface area contributed by atoms with Crippen molar-refractivity contribution in [2.75, 3.05) is 6.54 Å². The van der Waals surface area contributed by atoms with Crippen LogP contribution in [0.3, 0.4) is 0 Å². The minimum absolute atomic E-state index is 0.124. The van der Waals surface area contributed by atoms with Crippen LogP contribution in [0.1, 0.15) is 55.2 Å². The van der Waals surface area contributed by atoms with Crippen LogP contribution in [0.4, 0.5) is 0 Å². The van der Waals surface area contributed by atoms with Gasteiger partial charge in [-0.3, -0.25) is 4.79 Å². The van der Waals surface area contributed by atoms with E-state index < -0.39 is 0 Å². The molecule has 0 atom stereocenters. The highest BCUT2D eigenvalue weighted by molar-refractivity contribution is 5.88. The first-order chi connectivity index (χ1) is 11.3. The zero-order chi connectivity index (χ0) is 15.6. The molecule has 1 heterocycles. The van der Waals surface area contributed by atoms with Crippen molar-refractivity contribution in [1.29, 1.82) is 0 Å². The van der Waals surface area contributed by atoms with E-state index in [1.807, 2.05) is 0 Å². The summed E-state index contributed by atoms with van der Waals surface area (Å²) in [5, 5.41) is 4.25. The number of fused-ring (bicyclic) bond motifs is 2. The minimum Gasteiger partial charge on any atom is -0.464 e. The smallest absolute Gasteiger partial charge is 0.224 e. The van der Waals surface area contributed by atoms with Crippen molar-refractivity contribution in [3.63, 3.8) is 0 Å². The van der Waals surface area contributed by atoms with Gasteiger partial charge in [0, 0.05) is 17.5 Å². The average Bonchev–Trinajstić information content (AvgIpc) is 3.19. The highest BCUT2D eigenvalue weighted by Crippen LogP contribution is 2.30. The third-order valence-electron chi connectivity index (χ3n) is 5.53. The van der Waals surface area contributed by atoms with E-state index in [-0.39, 0.29) is 5.91 Å². The molecule has 0 bridgehead atoms. The molecule has 2 aliphatic rings. The molecule has 1 amide bonds. The van der Waals surface area contributed by atoms with E-state index in [0.717, 1.165) is 35.9 Å². The molecule has 0 radical (unpaired) electrons. The van der Waals surface area contributed by atoms with Crippen LogP contribution in [-0.4, -0.2) is 12.5 Å². The summed E-state index contributed by atoms with van der Waals surface area (Å²) in [4.78, 5) is 12.3. The molecule has 1 N–H and O–H groups in total. The van der Waals surface area contributed by atoms with Crippen LogP contribution in [-0.2, 0) is 24.1 Å². The van der Waals surface area contributed by atoms with Gasteiger partial charge in [0.2, 0.25) is 5.91 Å². The van der Waals surface area contributed by atoms with Gasteiger partial charge in [0.25, 0.3) is 0 Å². The van der Waals surface area contributed by atoms with Gasteiger partial charge in [-0.25, -0.2) is 0 Å². The van der Waals surface area contributed by atoms with Gasteiger partial charge in [-0.1, -0.05) is 19.3 Å². The van der Waals surface area contributed by atoms with Crippen LogP contribution in [0.2, 0.25) is 0 Å². The van der Waals surface area contributed by atoms with E-state index in [0.29, 0.717) is 12.3 Å². The highest BCUT2D eigenvalue weighted by Gasteiger charge is 2.18. The van der Waals surface area contributed by atoms with Crippen LogP contribution >= 0.6 is 0 Å². The van der Waals surface area contributed by atoms with Crippen molar-refractivity contribution in [2.45, 2.75) is 57.8 Å². The fourth-order valence-corrected chi connectivity index (χ4v) is 4.17. The molecule has 4 rings (SSSR count). The Morgan fingerprint density at radius 1 is 1.09 bits per heavy atom. The number of furan rings is 1. The molecule has 122 valence electrons. The van der Waals surface area contributed by atoms with Gasteiger partial charge < -0.3 is 9.73 Å². The highest BCUT2D eigenvalue weighted by atomic mass is 16.3. The Bertz CT molecular complexity index is 710. The summed E-state index contributed by atoms with van der Waals surface area (Å²) in [6.45, 7) is 0.837. The largest absolute Gasteiger partial charge is 0.464 e. The molecule has 0 aliphatic heterocycles. The van der Waals surface area contributed by atoms with Gasteiger partial charge in [0.15, 0.2) is 0 Å². The van der Waals surface area contributed by atoms with E-state index in [4.69, 9.17) is 4.42 Å². The number of aryl methyl sites for hydroxylation is 2. The molecular formula is C20H25NO2. The maximum absolute atomic E-state index is 12.3. The molecule has 1 saturated carbocycles. The van der Waals surface area contributed by atoms with Gasteiger partial charge in [0.1, 0.15) is 5.58 Å². The van der Waals surface area contributed by atoms with Gasteiger partial charge in [0.05, 0.1) is 12.7 Å². The Labute approximate surface area is 137 Å². The Kier molecular flexibility index (Phi) is 4.11. The topological polar surface area (TPSA) is 42.2 Å². The van der Waals surface area contributed by atoms with E-state index in [9.17, 15) is 4.79 Å². The second kappa shape index (κ2) is 6.38. The number of rotatable bonds is 4. The second-order valence-corrected chi connectivity index (χ2v) is 7.22. The fraction of sp³-hybridized carbons (Fsp3) is 0.550. The second-order valence-electron chi connectivity index (χ2n) is 7.22. The maximum atomic E-state index is 12.3. The summed E-state index contributed by atoms with van der Waals surface area (Å²) in [6, 6.07) is 4.41. The van der Waals surface area contributed by atoms with E-state index in [1.165, 1.54) is 49.7 Å². The molecule has 1 aromatic carbocycles. The van der Waals surface area contributed by atoms with Crippen molar-refractivity contribution in [3.8, 4) is 0 Å². The third-order valence-corrected chi connectivity index (χ3v) is 5.53. The minimum atomic E-state index is 0.124. The van der Waals surface area contributed by atoms with Crippen LogP contribution in [0.15, 0.2) is 22.8 Å². The normalized spacial score (nSPS) is 18.3. The number of hydrogen-bond acceptors (Lipinski definition) is 2. The van der Waals surface area contributed by atoms with Crippen LogP contribution < -0.4 is 5.32 Å². The molecule has 0 spiro atoms. The molecule has 0 unspecified atom stereocenters. The van der Waals surface area contributed by atoms with E-state index in [1.54, 1.807) is 6.26 Å². The van der Waals surface area contributed by atoms with Crippen LogP contribution in [0, 0.1) is 5.92 Å². The first-order valence-electron chi connectivity index (χ1n) is 9.08. The fourth-order valence-electron chi connectivity index (χ4n) is 4.17. The third kappa shape index (κ3) is 3.15. The van der Waals surface area contributed by atoms with Crippen LogP contribution in [0.5, 0.6) is 0 Å². The van der Waals surface area contributed by atoms with Crippen molar-refractivity contribution in [1.82, 2.24) is 5.32 Å². The number of hydrogen-bond donors (Lipinski definition) is 1. The Morgan fingerprint density at radius 3 is 2.70 bits per heavy atom. The summed E-state index contributed by atoms with van der Waals surface area (Å²) in [7, 11) is 0. The van der Waals surface area contributed by atoms with Crippen molar-refractivity contribution in [3.05, 3.63) is 35.1 Å². The van der Waals surface area contributed by atoms with Crippen molar-refractivity contribution >= 4 is 16.9 Å². The Hall–Kier alpha value is -1.77. The van der Waals surface area contributed by atoms with Gasteiger partial charge in [-0.2, -0.15) is 0 Å². The van der Waals surface area contributed by atoms with Crippen molar-refractivity contribution in [2.24, 2.45) is 5.92 Å². The monoisotopic (exact) mass is 311 g/mol. The quantitative estimate of drug-likeness (QED) is 0.921. The summed E-state index contributed by atoms with van der Waals surface area (Å²) in [5.74, 6) is 0.802. The number of carbonyl (C=O) groups is 1. The molecule has 3 heteroatoms. The molecule has 0 saturated heterocycles. The SMILES string of the molecule is O=C(Cc1coc2cc3c(cc12)CCC3)NCC1CCCCC1. The lowest BCUT2D eigenvalue weighted by molar-refractivity contribution is -0.120. The van der Waals surface area contributed by atoms with E-state index >= 15 is 0 Å². The predicted octanol–water partition coefficient (Wildman–Crippen LogP) is 4.16. The van der Waals surface area contributed by atoms with Crippen LogP contribution in [0.25, 0.3) is 11.0 Å². The molecule has 1 aromatic heterocycles. The standard InChI is InChI=1S/C20H25NO2/c22-20(21-12-14-5-2-1-3-6-14)11-17-13-23-19-10-16-8-4-7-15(16)9-18(17)19/h9-10,13-14H,1-8,11-12H2,(H,21,22). The zero-order valence-corrected chi connectivity index (χ0v) is 13.7. The Balaban J connectivity index is 1.42. The molecule has 23 heavy (non-hydrogen) atoms. The molecule has 2 aromatic rings. The number of nitrogens with one attached hydrogen (secondary N) is 1. The molecule has 1 fully saturated rings. The van der Waals surface area contributed by atoms with E-state index in [2.05, 4.69) is 17.4 Å². The maximum Gasteiger partial charge on any atom is 0.224 e. The lowest BCUT2D eigenvalue weighted by Crippen LogP contribution is -2.31. The van der Waals surface area contributed by atoms with Gasteiger partial charge >= 0.3 is 0 Å². The Morgan fingerprint density at radius 2 is 1.87 bits per heavy atom. The number of amides is 1. The zero-order valence-electron chi connectivity index (χ0n) is 13.7. The molecule has 2 aliphatic carbocycles. The number of benzene rings is 1. The van der Waals surface area contributed by atoms with Crippen molar-refractivity contribution < 1.29 is 9.21 Å². The molecular weight excluding hydrogens is 286 g/mol. The lowest BCUT2D eigenvalue weighted by atomic mass is 9.89. The first-order valence-corrected chi connectivity index (χ1v) is 9.08. The molecule has 3 nitrogen and oxygen atoms in total. The summed E-state index contributed by atoms with van der Waals surface area (Å²) >= 11 is 0. The summed E-state index contributed by atoms with van der Waals surface area (Å²) < 4.78 is 5.69. The summed E-state index contributed by atoms with van der Waals surface area (Å²) in [6.07, 6.45) is 12.3.